The van der Waals surface area contributed by atoms with Crippen molar-refractivity contribution >= 4 is 33.1 Å². The number of hydrogen-bond donors (Lipinski definition) is 2. The molecule has 1 aromatic heterocycles. The molecule has 2 unspecified atom stereocenters. The van der Waals surface area contributed by atoms with Crippen molar-refractivity contribution in [2.75, 3.05) is 6.61 Å². The summed E-state index contributed by atoms with van der Waals surface area (Å²) in [6, 6.07) is 14.7. The Bertz CT molecular complexity index is 1130. The van der Waals surface area contributed by atoms with Gasteiger partial charge in [-0.15, -0.1) is 12.4 Å². The first-order valence-corrected chi connectivity index (χ1v) is 10.9. The fourth-order valence-electron chi connectivity index (χ4n) is 4.72. The molecule has 1 saturated heterocycles. The monoisotopic (exact) mass is 418 g/mol. The quantitative estimate of drug-likeness (QED) is 0.682. The molecule has 2 N–H and O–H groups in total. The highest BCUT2D eigenvalue weighted by Crippen LogP contribution is 2.42. The molecule has 3 aromatic rings. The van der Waals surface area contributed by atoms with Crippen LogP contribution in [0.1, 0.15) is 30.1 Å². The fraction of sp³-hybridized carbons (Fsp3) is 0.333. The molecule has 1 fully saturated rings. The molecular weight excluding hydrogens is 396 g/mol. The number of sulfone groups is 1. The van der Waals surface area contributed by atoms with Crippen molar-refractivity contribution in [1.29, 1.82) is 0 Å². The molecule has 0 aliphatic carbocycles. The van der Waals surface area contributed by atoms with Crippen LogP contribution in [0.5, 0.6) is 0 Å². The minimum atomic E-state index is -3.55. The number of nitrogens with zero attached hydrogens (tertiary/aromatic N) is 1. The summed E-state index contributed by atoms with van der Waals surface area (Å²) in [5.41, 5.74) is 3.48. The van der Waals surface area contributed by atoms with Gasteiger partial charge in [0.05, 0.1) is 16.4 Å². The van der Waals surface area contributed by atoms with Crippen molar-refractivity contribution in [3.8, 4) is 0 Å². The van der Waals surface area contributed by atoms with E-state index in [0.717, 1.165) is 30.2 Å². The second-order valence-corrected chi connectivity index (χ2v) is 9.38. The lowest BCUT2D eigenvalue weighted by Gasteiger charge is -2.23. The first-order chi connectivity index (χ1) is 13.1. The van der Waals surface area contributed by atoms with Gasteiger partial charge >= 0.3 is 0 Å². The van der Waals surface area contributed by atoms with Crippen LogP contribution in [0.2, 0.25) is 0 Å². The van der Waals surface area contributed by atoms with Gasteiger partial charge in [0.1, 0.15) is 0 Å². The Morgan fingerprint density at radius 1 is 1.07 bits per heavy atom. The third kappa shape index (κ3) is 2.87. The Morgan fingerprint density at radius 3 is 2.61 bits per heavy atom. The predicted octanol–water partition coefficient (Wildman–Crippen LogP) is 3.24. The van der Waals surface area contributed by atoms with Gasteiger partial charge in [0.2, 0.25) is 9.84 Å². The largest absolute Gasteiger partial charge is 0.395 e. The first-order valence-electron chi connectivity index (χ1n) is 9.41. The Hall–Kier alpha value is -1.86. The molecule has 2 aliphatic rings. The van der Waals surface area contributed by atoms with Crippen molar-refractivity contribution in [2.45, 2.75) is 47.7 Å². The maximum Gasteiger partial charge on any atom is 0.206 e. The summed E-state index contributed by atoms with van der Waals surface area (Å²) in [7, 11) is -3.55. The Balaban J connectivity index is 0.00000192. The van der Waals surface area contributed by atoms with Crippen molar-refractivity contribution < 1.29 is 13.5 Å². The van der Waals surface area contributed by atoms with E-state index in [9.17, 15) is 13.5 Å². The minimum absolute atomic E-state index is 0. The molecule has 2 bridgehead atoms. The van der Waals surface area contributed by atoms with Gasteiger partial charge in [-0.25, -0.2) is 8.42 Å². The highest BCUT2D eigenvalue weighted by Gasteiger charge is 2.36. The van der Waals surface area contributed by atoms with E-state index >= 15 is 0 Å². The molecule has 7 heteroatoms. The van der Waals surface area contributed by atoms with Crippen LogP contribution >= 0.6 is 12.4 Å². The highest BCUT2D eigenvalue weighted by atomic mass is 35.5. The summed E-state index contributed by atoms with van der Waals surface area (Å²) >= 11 is 0. The van der Waals surface area contributed by atoms with E-state index < -0.39 is 9.84 Å². The molecule has 3 heterocycles. The van der Waals surface area contributed by atoms with Gasteiger partial charge in [-0.05, 0) is 48.7 Å². The van der Waals surface area contributed by atoms with Crippen LogP contribution in [0.15, 0.2) is 58.3 Å². The summed E-state index contributed by atoms with van der Waals surface area (Å²) in [5.74, 6) is 0. The van der Waals surface area contributed by atoms with Gasteiger partial charge in [0.25, 0.3) is 0 Å². The normalized spacial score (nSPS) is 20.8. The molecule has 0 amide bonds. The van der Waals surface area contributed by atoms with Crippen molar-refractivity contribution in [1.82, 2.24) is 9.88 Å². The summed E-state index contributed by atoms with van der Waals surface area (Å²) < 4.78 is 28.3. The Kier molecular flexibility index (Phi) is 5.00. The third-order valence-electron chi connectivity index (χ3n) is 5.90. The molecule has 5 rings (SSSR count). The van der Waals surface area contributed by atoms with Crippen LogP contribution in [0.25, 0.3) is 10.9 Å². The molecule has 28 heavy (non-hydrogen) atoms. The van der Waals surface area contributed by atoms with E-state index in [1.54, 1.807) is 30.3 Å². The smallest absolute Gasteiger partial charge is 0.206 e. The van der Waals surface area contributed by atoms with E-state index in [4.69, 9.17) is 0 Å². The Morgan fingerprint density at radius 2 is 1.86 bits per heavy atom. The van der Waals surface area contributed by atoms with Crippen LogP contribution in [0, 0.1) is 0 Å². The zero-order valence-corrected chi connectivity index (χ0v) is 17.0. The fourth-order valence-corrected chi connectivity index (χ4v) is 6.03. The van der Waals surface area contributed by atoms with Gasteiger partial charge in [-0.1, -0.05) is 18.2 Å². The Labute approximate surface area is 170 Å². The van der Waals surface area contributed by atoms with Crippen molar-refractivity contribution in [3.63, 3.8) is 0 Å². The topological polar surface area (TPSA) is 71.3 Å². The second-order valence-electron chi connectivity index (χ2n) is 7.43. The lowest BCUT2D eigenvalue weighted by molar-refractivity contribution is 0.275. The van der Waals surface area contributed by atoms with Crippen LogP contribution in [0.3, 0.4) is 0 Å². The number of aliphatic hydroxyl groups is 1. The second kappa shape index (κ2) is 7.19. The van der Waals surface area contributed by atoms with Crippen molar-refractivity contribution in [3.05, 3.63) is 59.8 Å². The standard InChI is InChI=1S/C21H22N2O3S.ClH/c24-11-10-23-19-9-7-16(27(25,26)15-4-2-1-3-5-15)13-17(19)21-18-8-6-14(22-18)12-20(21)23;/h1-5,7,9,13-14,18,22,24H,6,8,10-12H2;1H. The number of nitrogens with one attached hydrogen (secondary N) is 1. The van der Waals surface area contributed by atoms with Crippen LogP contribution in [-0.2, 0) is 22.8 Å². The molecule has 148 valence electrons. The molecule has 5 nitrogen and oxygen atoms in total. The van der Waals surface area contributed by atoms with Gasteiger partial charge in [0.15, 0.2) is 0 Å². The maximum atomic E-state index is 13.1. The van der Waals surface area contributed by atoms with E-state index in [-0.39, 0.29) is 25.1 Å². The number of hydrogen-bond acceptors (Lipinski definition) is 4. The average molecular weight is 419 g/mol. The first kappa shape index (κ1) is 19.5. The van der Waals surface area contributed by atoms with E-state index in [2.05, 4.69) is 9.88 Å². The number of halogens is 1. The van der Waals surface area contributed by atoms with Gasteiger partial charge in [-0.2, -0.15) is 0 Å². The van der Waals surface area contributed by atoms with Crippen LogP contribution in [-0.4, -0.2) is 30.7 Å². The lowest BCUT2D eigenvalue weighted by atomic mass is 9.99. The van der Waals surface area contributed by atoms with Crippen LogP contribution in [0.4, 0.5) is 0 Å². The summed E-state index contributed by atoms with van der Waals surface area (Å²) in [4.78, 5) is 0.636. The predicted molar refractivity (Wildman–Crippen MR) is 111 cm³/mol. The number of fused-ring (bicyclic) bond motifs is 6. The molecule has 2 atom stereocenters. The summed E-state index contributed by atoms with van der Waals surface area (Å²) in [5, 5.41) is 14.2. The van der Waals surface area contributed by atoms with E-state index in [1.165, 1.54) is 11.3 Å². The number of rotatable bonds is 4. The highest BCUT2D eigenvalue weighted by molar-refractivity contribution is 7.91. The molecule has 0 spiro atoms. The number of aromatic nitrogens is 1. The number of aliphatic hydroxyl groups excluding tert-OH is 1. The molecule has 2 aromatic carbocycles. The van der Waals surface area contributed by atoms with Gasteiger partial charge in [-0.3, -0.25) is 0 Å². The molecular formula is C21H23ClN2O3S. The zero-order valence-electron chi connectivity index (χ0n) is 15.3. The molecule has 0 saturated carbocycles. The molecule has 2 aliphatic heterocycles. The van der Waals surface area contributed by atoms with Gasteiger partial charge < -0.3 is 15.0 Å². The summed E-state index contributed by atoms with van der Waals surface area (Å²) in [6.07, 6.45) is 3.15. The average Bonchev–Trinajstić information content (AvgIpc) is 3.22. The lowest BCUT2D eigenvalue weighted by Crippen LogP contribution is -2.32. The minimum Gasteiger partial charge on any atom is -0.395 e. The maximum absolute atomic E-state index is 13.1. The zero-order chi connectivity index (χ0) is 18.6. The molecule has 0 radical (unpaired) electrons. The van der Waals surface area contributed by atoms with E-state index in [1.807, 2.05) is 18.2 Å². The SMILES string of the molecule is Cl.O=S(=O)(c1ccccc1)c1ccc2c(c1)c1c(n2CCO)CC2CCC1N2. The summed E-state index contributed by atoms with van der Waals surface area (Å²) in [6.45, 7) is 0.610. The van der Waals surface area contributed by atoms with Gasteiger partial charge in [0, 0.05) is 41.6 Å². The van der Waals surface area contributed by atoms with Crippen molar-refractivity contribution in [2.24, 2.45) is 0 Å². The number of benzene rings is 2. The van der Waals surface area contributed by atoms with Crippen LogP contribution < -0.4 is 5.32 Å². The third-order valence-corrected chi connectivity index (χ3v) is 7.67. The van der Waals surface area contributed by atoms with E-state index in [0.29, 0.717) is 22.4 Å².